The topological polar surface area (TPSA) is 57.4 Å². The average Bonchev–Trinajstić information content (AvgIpc) is 3.15. The third-order valence-electron chi connectivity index (χ3n) is 4.60. The molecule has 0 spiro atoms. The molecule has 0 atom stereocenters. The van der Waals surface area contributed by atoms with Crippen LogP contribution in [0.4, 0.5) is 5.69 Å². The fraction of sp³-hybridized carbons (Fsp3) is 0.250. The predicted octanol–water partition coefficient (Wildman–Crippen LogP) is 4.42. The van der Waals surface area contributed by atoms with E-state index in [9.17, 15) is 0 Å². The molecule has 5 heteroatoms. The number of hydrogen-bond donors (Lipinski definition) is 1. The first-order valence-corrected chi connectivity index (χ1v) is 8.65. The van der Waals surface area contributed by atoms with Gasteiger partial charge in [-0.05, 0) is 36.2 Å². The normalized spacial score (nSPS) is 15.1. The van der Waals surface area contributed by atoms with E-state index in [1.807, 2.05) is 43.5 Å². The maximum atomic E-state index is 6.32. The maximum Gasteiger partial charge on any atom is 0.185 e. The highest BCUT2D eigenvalue weighted by Crippen LogP contribution is 2.32. The summed E-state index contributed by atoms with van der Waals surface area (Å²) in [5, 5.41) is 2.78. The minimum atomic E-state index is -0.383. The molecule has 1 saturated heterocycles. The van der Waals surface area contributed by atoms with Gasteiger partial charge in [-0.1, -0.05) is 29.8 Å². The van der Waals surface area contributed by atoms with Gasteiger partial charge < -0.3 is 15.2 Å². The van der Waals surface area contributed by atoms with Gasteiger partial charge in [0.05, 0.1) is 18.9 Å². The lowest BCUT2D eigenvalue weighted by molar-refractivity contribution is -0.0440. The number of hydrogen-bond acceptors (Lipinski definition) is 4. The summed E-state index contributed by atoms with van der Waals surface area (Å²) in [4.78, 5) is 4.57. The van der Waals surface area contributed by atoms with Crippen LogP contribution in [0, 0.1) is 6.92 Å². The monoisotopic (exact) mass is 354 g/mol. The second-order valence-corrected chi connectivity index (χ2v) is 6.66. The van der Waals surface area contributed by atoms with Crippen molar-refractivity contribution in [1.82, 2.24) is 4.98 Å². The van der Waals surface area contributed by atoms with Crippen molar-refractivity contribution in [2.45, 2.75) is 19.6 Å². The molecule has 0 amide bonds. The molecule has 128 valence electrons. The first-order chi connectivity index (χ1) is 12.1. The van der Waals surface area contributed by atoms with Crippen LogP contribution in [0.15, 0.2) is 42.6 Å². The molecule has 0 aliphatic carbocycles. The minimum absolute atomic E-state index is 0.383. The molecular formula is C20H19ClN2O2. The molecule has 4 rings (SSSR count). The van der Waals surface area contributed by atoms with Crippen molar-refractivity contribution < 1.29 is 9.47 Å². The lowest BCUT2D eigenvalue weighted by Gasteiger charge is -2.14. The van der Waals surface area contributed by atoms with Crippen LogP contribution in [0.2, 0.25) is 5.02 Å². The Bertz CT molecular complexity index is 936. The Balaban J connectivity index is 1.72. The van der Waals surface area contributed by atoms with Crippen LogP contribution in [0.25, 0.3) is 10.8 Å². The lowest BCUT2D eigenvalue weighted by atomic mass is 9.99. The summed E-state index contributed by atoms with van der Waals surface area (Å²) in [5.74, 6) is 0. The number of nitrogens with zero attached hydrogens (tertiary/aromatic N) is 1. The van der Waals surface area contributed by atoms with Crippen LogP contribution >= 0.6 is 11.6 Å². The number of nitrogens with two attached hydrogens (primary N) is 1. The quantitative estimate of drug-likeness (QED) is 0.707. The number of pyridine rings is 1. The van der Waals surface area contributed by atoms with Crippen LogP contribution in [0.5, 0.6) is 0 Å². The SMILES string of the molecule is Cc1ccc2c(Cc3ccc(Cl)c(C4OCCO4)c3)nccc2c1N. The van der Waals surface area contributed by atoms with E-state index in [1.54, 1.807) is 0 Å². The number of rotatable bonds is 3. The van der Waals surface area contributed by atoms with Crippen molar-refractivity contribution in [2.75, 3.05) is 18.9 Å². The first-order valence-electron chi connectivity index (χ1n) is 8.27. The molecule has 3 aromatic rings. The Kier molecular flexibility index (Phi) is 4.34. The van der Waals surface area contributed by atoms with Gasteiger partial charge >= 0.3 is 0 Å². The maximum absolute atomic E-state index is 6.32. The van der Waals surface area contributed by atoms with Crippen molar-refractivity contribution >= 4 is 28.1 Å². The van der Waals surface area contributed by atoms with E-state index in [0.29, 0.717) is 24.7 Å². The number of nitrogen functional groups attached to an aromatic ring is 1. The average molecular weight is 355 g/mol. The molecule has 4 nitrogen and oxygen atoms in total. The molecule has 0 bridgehead atoms. The Hall–Kier alpha value is -2.14. The molecule has 2 N–H and O–H groups in total. The van der Waals surface area contributed by atoms with Crippen LogP contribution in [0.3, 0.4) is 0 Å². The second-order valence-electron chi connectivity index (χ2n) is 6.26. The van der Waals surface area contributed by atoms with Crippen molar-refractivity contribution in [2.24, 2.45) is 0 Å². The molecular weight excluding hydrogens is 336 g/mol. The fourth-order valence-electron chi connectivity index (χ4n) is 3.20. The number of aryl methyl sites for hydroxylation is 1. The molecule has 25 heavy (non-hydrogen) atoms. The molecule has 0 unspecified atom stereocenters. The third kappa shape index (κ3) is 3.09. The first kappa shape index (κ1) is 16.3. The van der Waals surface area contributed by atoms with E-state index in [1.165, 1.54) is 0 Å². The predicted molar refractivity (Wildman–Crippen MR) is 99.8 cm³/mol. The third-order valence-corrected chi connectivity index (χ3v) is 4.94. The molecule has 0 saturated carbocycles. The smallest absolute Gasteiger partial charge is 0.185 e. The van der Waals surface area contributed by atoms with E-state index in [2.05, 4.69) is 11.1 Å². The van der Waals surface area contributed by atoms with E-state index in [0.717, 1.165) is 38.8 Å². The second kappa shape index (κ2) is 6.64. The summed E-state index contributed by atoms with van der Waals surface area (Å²) in [6.45, 7) is 3.20. The molecule has 1 aliphatic heterocycles. The van der Waals surface area contributed by atoms with Crippen molar-refractivity contribution in [3.8, 4) is 0 Å². The molecule has 2 aromatic carbocycles. The summed E-state index contributed by atoms with van der Waals surface area (Å²) in [5.41, 5.74) is 11.1. The van der Waals surface area contributed by atoms with Gasteiger partial charge in [-0.25, -0.2) is 0 Å². The number of aromatic nitrogens is 1. The van der Waals surface area contributed by atoms with Crippen LogP contribution in [-0.2, 0) is 15.9 Å². The summed E-state index contributed by atoms with van der Waals surface area (Å²) in [6, 6.07) is 12.0. The van der Waals surface area contributed by atoms with Crippen molar-refractivity contribution in [3.05, 3.63) is 70.0 Å². The van der Waals surface area contributed by atoms with E-state index >= 15 is 0 Å². The van der Waals surface area contributed by atoms with Crippen molar-refractivity contribution in [1.29, 1.82) is 0 Å². The summed E-state index contributed by atoms with van der Waals surface area (Å²) < 4.78 is 11.2. The molecule has 1 aromatic heterocycles. The van der Waals surface area contributed by atoms with Gasteiger partial charge in [0.1, 0.15) is 0 Å². The molecule has 1 fully saturated rings. The largest absolute Gasteiger partial charge is 0.398 e. The Labute approximate surface area is 151 Å². The number of halogens is 1. The van der Waals surface area contributed by atoms with Gasteiger partial charge in [0.25, 0.3) is 0 Å². The highest BCUT2D eigenvalue weighted by Gasteiger charge is 2.21. The highest BCUT2D eigenvalue weighted by molar-refractivity contribution is 6.31. The molecule has 2 heterocycles. The lowest BCUT2D eigenvalue weighted by Crippen LogP contribution is -2.02. The fourth-order valence-corrected chi connectivity index (χ4v) is 3.41. The van der Waals surface area contributed by atoms with Crippen LogP contribution in [-0.4, -0.2) is 18.2 Å². The Morgan fingerprint density at radius 1 is 1.12 bits per heavy atom. The standard InChI is InChI=1S/C20H19ClN2O2/c1-12-2-4-14-15(19(12)22)6-7-23-18(14)11-13-3-5-17(21)16(10-13)20-24-8-9-25-20/h2-7,10,20H,8-9,11,22H2,1H3. The Morgan fingerprint density at radius 3 is 2.72 bits per heavy atom. The Morgan fingerprint density at radius 2 is 1.92 bits per heavy atom. The van der Waals surface area contributed by atoms with E-state index < -0.39 is 0 Å². The van der Waals surface area contributed by atoms with E-state index in [4.69, 9.17) is 26.8 Å². The number of benzene rings is 2. The van der Waals surface area contributed by atoms with Crippen LogP contribution in [0.1, 0.15) is 28.7 Å². The van der Waals surface area contributed by atoms with Gasteiger partial charge in [0.15, 0.2) is 6.29 Å². The van der Waals surface area contributed by atoms with Crippen LogP contribution < -0.4 is 5.73 Å². The summed E-state index contributed by atoms with van der Waals surface area (Å²) in [6.07, 6.45) is 2.12. The number of ether oxygens (including phenoxy) is 2. The van der Waals surface area contributed by atoms with Gasteiger partial charge in [0, 0.05) is 39.7 Å². The molecule has 1 aliphatic rings. The zero-order chi connectivity index (χ0) is 17.4. The van der Waals surface area contributed by atoms with Gasteiger partial charge in [-0.2, -0.15) is 0 Å². The van der Waals surface area contributed by atoms with Gasteiger partial charge in [0.2, 0.25) is 0 Å². The number of fused-ring (bicyclic) bond motifs is 1. The zero-order valence-electron chi connectivity index (χ0n) is 14.0. The van der Waals surface area contributed by atoms with Gasteiger partial charge in [-0.3, -0.25) is 4.98 Å². The number of anilines is 1. The molecule has 0 radical (unpaired) electrons. The van der Waals surface area contributed by atoms with Gasteiger partial charge in [-0.15, -0.1) is 0 Å². The summed E-state index contributed by atoms with van der Waals surface area (Å²) >= 11 is 6.32. The minimum Gasteiger partial charge on any atom is -0.398 e. The highest BCUT2D eigenvalue weighted by atomic mass is 35.5. The zero-order valence-corrected chi connectivity index (χ0v) is 14.7. The van der Waals surface area contributed by atoms with Crippen molar-refractivity contribution in [3.63, 3.8) is 0 Å². The van der Waals surface area contributed by atoms with E-state index in [-0.39, 0.29) is 6.29 Å². The summed E-state index contributed by atoms with van der Waals surface area (Å²) in [7, 11) is 0.